The van der Waals surface area contributed by atoms with E-state index in [9.17, 15) is 15.3 Å². The van der Waals surface area contributed by atoms with Crippen LogP contribution >= 0.6 is 0 Å². The zero-order valence-electron chi connectivity index (χ0n) is 7.54. The second-order valence-corrected chi connectivity index (χ2v) is 3.96. The molecule has 4 N–H and O–H groups in total. The molecule has 0 unspecified atom stereocenters. The van der Waals surface area contributed by atoms with Crippen LogP contribution in [0.2, 0.25) is 0 Å². The molecule has 0 saturated carbocycles. The average Bonchev–Trinajstić information content (AvgIpc) is 1.93. The topological polar surface area (TPSA) is 72.7 Å². The van der Waals surface area contributed by atoms with Gasteiger partial charge in [0.1, 0.15) is 5.60 Å². The minimum Gasteiger partial charge on any atom is -0.390 e. The summed E-state index contributed by atoms with van der Waals surface area (Å²) in [6.07, 6.45) is -0.376. The first kappa shape index (κ1) is 9.92. The van der Waals surface area contributed by atoms with E-state index in [-0.39, 0.29) is 6.54 Å². The molecule has 0 bridgehead atoms. The molecule has 0 aliphatic carbocycles. The van der Waals surface area contributed by atoms with Gasteiger partial charge in [0.25, 0.3) is 0 Å². The lowest BCUT2D eigenvalue weighted by molar-refractivity contribution is -0.194. The molecule has 0 spiro atoms. The summed E-state index contributed by atoms with van der Waals surface area (Å²) in [7, 11) is 0. The third-order valence-electron chi connectivity index (χ3n) is 2.60. The van der Waals surface area contributed by atoms with Gasteiger partial charge >= 0.3 is 0 Å². The summed E-state index contributed by atoms with van der Waals surface area (Å²) in [4.78, 5) is 0. The first-order valence-electron chi connectivity index (χ1n) is 4.21. The van der Waals surface area contributed by atoms with Gasteiger partial charge in [-0.15, -0.1) is 0 Å². The molecule has 1 aliphatic heterocycles. The van der Waals surface area contributed by atoms with Crippen molar-refractivity contribution in [2.75, 3.05) is 13.1 Å². The van der Waals surface area contributed by atoms with Crippen LogP contribution in [-0.4, -0.2) is 45.7 Å². The first-order valence-corrected chi connectivity index (χ1v) is 4.21. The van der Waals surface area contributed by atoms with Crippen LogP contribution in [-0.2, 0) is 0 Å². The summed E-state index contributed by atoms with van der Waals surface area (Å²) in [5.74, 6) is 0. The van der Waals surface area contributed by atoms with Crippen molar-refractivity contribution < 1.29 is 15.3 Å². The van der Waals surface area contributed by atoms with E-state index in [4.69, 9.17) is 0 Å². The molecule has 1 rings (SSSR count). The fourth-order valence-corrected chi connectivity index (χ4v) is 1.50. The second kappa shape index (κ2) is 2.96. The Kier molecular flexibility index (Phi) is 2.45. The number of β-amino-alcohol motifs (C(OH)–C–C–N with tert-alkyl or cyclic N) is 1. The standard InChI is InChI=1S/C8H17NO3/c1-7(2,11)8(12)5-9-4-3-6(8)10/h6,9-12H,3-5H2,1-2H3/t6-,8+/m0/s1. The van der Waals surface area contributed by atoms with Crippen LogP contribution in [0.3, 0.4) is 0 Å². The molecule has 1 saturated heterocycles. The molecular weight excluding hydrogens is 158 g/mol. The van der Waals surface area contributed by atoms with Crippen LogP contribution < -0.4 is 5.32 Å². The van der Waals surface area contributed by atoms with Gasteiger partial charge < -0.3 is 20.6 Å². The Bertz CT molecular complexity index is 166. The summed E-state index contributed by atoms with van der Waals surface area (Å²) in [6.45, 7) is 3.92. The highest BCUT2D eigenvalue weighted by Crippen LogP contribution is 2.28. The van der Waals surface area contributed by atoms with Crippen molar-refractivity contribution in [2.45, 2.75) is 37.6 Å². The molecule has 0 aromatic carbocycles. The number of nitrogens with one attached hydrogen (secondary N) is 1. The van der Waals surface area contributed by atoms with E-state index >= 15 is 0 Å². The Morgan fingerprint density at radius 1 is 1.50 bits per heavy atom. The summed E-state index contributed by atoms with van der Waals surface area (Å²) in [5.41, 5.74) is -2.70. The highest BCUT2D eigenvalue weighted by molar-refractivity contribution is 5.03. The van der Waals surface area contributed by atoms with Crippen LogP contribution in [0.5, 0.6) is 0 Å². The highest BCUT2D eigenvalue weighted by atomic mass is 16.4. The Morgan fingerprint density at radius 3 is 2.42 bits per heavy atom. The van der Waals surface area contributed by atoms with E-state index in [1.807, 2.05) is 0 Å². The van der Waals surface area contributed by atoms with E-state index in [1.54, 1.807) is 0 Å². The number of rotatable bonds is 1. The molecule has 4 heteroatoms. The van der Waals surface area contributed by atoms with Crippen LogP contribution in [0.25, 0.3) is 0 Å². The molecule has 4 nitrogen and oxygen atoms in total. The van der Waals surface area contributed by atoms with E-state index in [0.29, 0.717) is 13.0 Å². The van der Waals surface area contributed by atoms with Crippen molar-refractivity contribution in [3.8, 4) is 0 Å². The number of hydrogen-bond acceptors (Lipinski definition) is 4. The van der Waals surface area contributed by atoms with Crippen molar-refractivity contribution in [2.24, 2.45) is 0 Å². The number of hydrogen-bond donors (Lipinski definition) is 4. The maximum Gasteiger partial charge on any atom is 0.131 e. The molecule has 72 valence electrons. The zero-order valence-corrected chi connectivity index (χ0v) is 7.54. The van der Waals surface area contributed by atoms with Crippen molar-refractivity contribution in [3.05, 3.63) is 0 Å². The van der Waals surface area contributed by atoms with Gasteiger partial charge in [-0.1, -0.05) is 0 Å². The normalized spacial score (nSPS) is 38.2. The van der Waals surface area contributed by atoms with Crippen LogP contribution in [0.1, 0.15) is 20.3 Å². The van der Waals surface area contributed by atoms with Gasteiger partial charge in [-0.3, -0.25) is 0 Å². The SMILES string of the molecule is CC(C)(O)[C@@]1(O)CNCC[C@@H]1O. The summed E-state index contributed by atoms with van der Waals surface area (Å²) in [6, 6.07) is 0. The van der Waals surface area contributed by atoms with Crippen LogP contribution in [0.4, 0.5) is 0 Å². The van der Waals surface area contributed by atoms with Gasteiger partial charge in [-0.05, 0) is 26.8 Å². The van der Waals surface area contributed by atoms with E-state index in [1.165, 1.54) is 13.8 Å². The van der Waals surface area contributed by atoms with Gasteiger partial charge in [0.2, 0.25) is 0 Å². The van der Waals surface area contributed by atoms with Crippen LogP contribution in [0, 0.1) is 0 Å². The number of aliphatic hydroxyl groups is 3. The molecule has 0 aromatic rings. The number of piperidine rings is 1. The van der Waals surface area contributed by atoms with Crippen molar-refractivity contribution >= 4 is 0 Å². The lowest BCUT2D eigenvalue weighted by atomic mass is 9.78. The predicted octanol–water partition coefficient (Wildman–Crippen LogP) is -1.16. The van der Waals surface area contributed by atoms with E-state index in [0.717, 1.165) is 0 Å². The molecule has 0 aromatic heterocycles. The van der Waals surface area contributed by atoms with Crippen LogP contribution in [0.15, 0.2) is 0 Å². The predicted molar refractivity (Wildman–Crippen MR) is 44.7 cm³/mol. The third kappa shape index (κ3) is 1.47. The first-order chi connectivity index (χ1) is 5.38. The molecule has 12 heavy (non-hydrogen) atoms. The minimum absolute atomic E-state index is 0.234. The molecule has 0 amide bonds. The summed E-state index contributed by atoms with van der Waals surface area (Å²) < 4.78 is 0. The Morgan fingerprint density at radius 2 is 2.08 bits per heavy atom. The lowest BCUT2D eigenvalue weighted by Gasteiger charge is -2.45. The van der Waals surface area contributed by atoms with Gasteiger partial charge in [-0.2, -0.15) is 0 Å². The molecule has 2 atom stereocenters. The Labute approximate surface area is 72.2 Å². The maximum absolute atomic E-state index is 9.91. The largest absolute Gasteiger partial charge is 0.390 e. The summed E-state index contributed by atoms with van der Waals surface area (Å²) >= 11 is 0. The molecule has 1 aliphatic rings. The molecule has 1 heterocycles. The Balaban J connectivity index is 2.79. The number of aliphatic hydroxyl groups excluding tert-OH is 1. The average molecular weight is 175 g/mol. The lowest BCUT2D eigenvalue weighted by Crippen LogP contribution is -2.66. The summed E-state index contributed by atoms with van der Waals surface area (Å²) in [5, 5.41) is 32.0. The van der Waals surface area contributed by atoms with Gasteiger partial charge in [0.15, 0.2) is 0 Å². The Hall–Kier alpha value is -0.160. The van der Waals surface area contributed by atoms with E-state index in [2.05, 4.69) is 5.32 Å². The maximum atomic E-state index is 9.91. The third-order valence-corrected chi connectivity index (χ3v) is 2.60. The molecule has 0 radical (unpaired) electrons. The van der Waals surface area contributed by atoms with Crippen molar-refractivity contribution in [3.63, 3.8) is 0 Å². The molecular formula is C8H17NO3. The van der Waals surface area contributed by atoms with E-state index < -0.39 is 17.3 Å². The quantitative estimate of drug-likeness (QED) is 0.406. The second-order valence-electron chi connectivity index (χ2n) is 3.96. The molecule has 1 fully saturated rings. The van der Waals surface area contributed by atoms with Gasteiger partial charge in [-0.25, -0.2) is 0 Å². The van der Waals surface area contributed by atoms with Gasteiger partial charge in [0, 0.05) is 6.54 Å². The fraction of sp³-hybridized carbons (Fsp3) is 1.00. The van der Waals surface area contributed by atoms with Crippen molar-refractivity contribution in [1.29, 1.82) is 0 Å². The zero-order chi connectivity index (χ0) is 9.41. The minimum atomic E-state index is -1.43. The highest BCUT2D eigenvalue weighted by Gasteiger charge is 2.49. The smallest absolute Gasteiger partial charge is 0.131 e. The van der Waals surface area contributed by atoms with Crippen molar-refractivity contribution in [1.82, 2.24) is 5.32 Å². The van der Waals surface area contributed by atoms with Gasteiger partial charge in [0.05, 0.1) is 11.7 Å². The fourth-order valence-electron chi connectivity index (χ4n) is 1.50. The monoisotopic (exact) mass is 175 g/mol.